The van der Waals surface area contributed by atoms with Crippen molar-refractivity contribution in [3.05, 3.63) is 58.3 Å². The maximum Gasteiger partial charge on any atom is 0.416 e. The third kappa shape index (κ3) is 14.8. The highest BCUT2D eigenvalue weighted by Gasteiger charge is 2.33. The van der Waals surface area contributed by atoms with Crippen LogP contribution in [0.15, 0.2) is 72.0 Å². The fourth-order valence-corrected chi connectivity index (χ4v) is 6.98. The summed E-state index contributed by atoms with van der Waals surface area (Å²) in [5.41, 5.74) is 30.1. The number of anilines is 4. The predicted molar refractivity (Wildman–Crippen MR) is 226 cm³/mol. The van der Waals surface area contributed by atoms with Gasteiger partial charge in [0.05, 0.1) is 51.2 Å². The van der Waals surface area contributed by atoms with Gasteiger partial charge in [0.15, 0.2) is 11.9 Å². The summed E-state index contributed by atoms with van der Waals surface area (Å²) in [5.74, 6) is -3.34. The van der Waals surface area contributed by atoms with Crippen LogP contribution in [-0.2, 0) is 25.4 Å². The first-order valence-corrected chi connectivity index (χ1v) is 20.0. The fraction of sp³-hybridized carbons (Fsp3) is 0.361. The smallest absolute Gasteiger partial charge is 0.370 e. The SMILES string of the molecule is CCC1=C(C(=O)Nc2cc(C(F)(F)F)cc(NC(=O)CCN=C(N)N)c2SCCN)C=C(C(=O)Nc2cc(C(F)F)cc(NC(=O)CCN=C(N)N)c2SCCN)N=CC1. The van der Waals surface area contributed by atoms with E-state index in [0.29, 0.717) is 11.6 Å². The number of carbonyl (C=O) groups is 4. The number of alkyl halides is 5. The summed E-state index contributed by atoms with van der Waals surface area (Å²) >= 11 is 2.03. The van der Waals surface area contributed by atoms with Crippen LogP contribution in [0.4, 0.5) is 44.7 Å². The van der Waals surface area contributed by atoms with E-state index in [4.69, 9.17) is 34.4 Å². The maximum absolute atomic E-state index is 14.2. The zero-order chi connectivity index (χ0) is 44.6. The zero-order valence-corrected chi connectivity index (χ0v) is 33.9. The van der Waals surface area contributed by atoms with Crippen LogP contribution in [0.2, 0.25) is 0 Å². The molecule has 2 aromatic rings. The lowest BCUT2D eigenvalue weighted by molar-refractivity contribution is -0.137. The third-order valence-corrected chi connectivity index (χ3v) is 10.3. The van der Waals surface area contributed by atoms with Gasteiger partial charge in [0.1, 0.15) is 5.70 Å². The molecule has 0 fully saturated rings. The van der Waals surface area contributed by atoms with E-state index >= 15 is 0 Å². The zero-order valence-electron chi connectivity index (χ0n) is 32.3. The number of nitrogens with one attached hydrogen (secondary N) is 4. The van der Waals surface area contributed by atoms with E-state index in [9.17, 15) is 41.1 Å². The lowest BCUT2D eigenvalue weighted by Crippen LogP contribution is -2.24. The number of guanidine groups is 2. The van der Waals surface area contributed by atoms with E-state index in [1.165, 1.54) is 6.21 Å². The van der Waals surface area contributed by atoms with Crippen molar-refractivity contribution in [1.29, 1.82) is 0 Å². The fourth-order valence-electron chi connectivity index (χ4n) is 5.27. The molecule has 0 aromatic heterocycles. The van der Waals surface area contributed by atoms with E-state index in [1.54, 1.807) is 6.92 Å². The summed E-state index contributed by atoms with van der Waals surface area (Å²) in [4.78, 5) is 65.3. The van der Waals surface area contributed by atoms with Gasteiger partial charge in [-0.3, -0.25) is 34.2 Å². The number of halogens is 5. The number of hydrogen-bond acceptors (Lipinski definition) is 11. The van der Waals surface area contributed by atoms with Gasteiger partial charge < -0.3 is 55.7 Å². The lowest BCUT2D eigenvalue weighted by atomic mass is 10.0. The molecule has 3 rings (SSSR count). The first kappa shape index (κ1) is 48.6. The van der Waals surface area contributed by atoms with Crippen LogP contribution in [0, 0.1) is 0 Å². The normalized spacial score (nSPS) is 12.7. The van der Waals surface area contributed by atoms with Crippen molar-refractivity contribution in [1.82, 2.24) is 0 Å². The van der Waals surface area contributed by atoms with Gasteiger partial charge in [0, 0.05) is 61.2 Å². The van der Waals surface area contributed by atoms with Crippen molar-refractivity contribution in [3.63, 3.8) is 0 Å². The van der Waals surface area contributed by atoms with E-state index in [0.717, 1.165) is 47.8 Å². The summed E-state index contributed by atoms with van der Waals surface area (Å²) in [7, 11) is 0. The van der Waals surface area contributed by atoms with Crippen molar-refractivity contribution in [3.8, 4) is 0 Å². The number of allylic oxidation sites excluding steroid dienone is 1. The van der Waals surface area contributed by atoms with E-state index in [-0.39, 0.29) is 119 Å². The highest BCUT2D eigenvalue weighted by Crippen LogP contribution is 2.42. The second-order valence-corrected chi connectivity index (χ2v) is 14.7. The van der Waals surface area contributed by atoms with Gasteiger partial charge in [-0.25, -0.2) is 8.78 Å². The summed E-state index contributed by atoms with van der Waals surface area (Å²) in [6, 6.07) is 3.50. The number of benzene rings is 2. The Bertz CT molecular complexity index is 2070. The molecule has 0 saturated heterocycles. The minimum Gasteiger partial charge on any atom is -0.370 e. The highest BCUT2D eigenvalue weighted by molar-refractivity contribution is 7.99. The summed E-state index contributed by atoms with van der Waals surface area (Å²) in [6.07, 6.45) is -5.67. The Kier molecular flexibility index (Phi) is 18.8. The Balaban J connectivity index is 2.08. The van der Waals surface area contributed by atoms with Gasteiger partial charge in [0.2, 0.25) is 11.8 Å². The van der Waals surface area contributed by atoms with Crippen molar-refractivity contribution >= 4 is 88.0 Å². The molecule has 0 aliphatic carbocycles. The van der Waals surface area contributed by atoms with E-state index < -0.39 is 47.4 Å². The van der Waals surface area contributed by atoms with Gasteiger partial charge in [-0.15, -0.1) is 23.5 Å². The molecule has 0 unspecified atom stereocenters. The average molecular weight is 884 g/mol. The van der Waals surface area contributed by atoms with Crippen LogP contribution >= 0.6 is 23.5 Å². The van der Waals surface area contributed by atoms with Gasteiger partial charge in [-0.05, 0) is 36.8 Å². The van der Waals surface area contributed by atoms with Crippen molar-refractivity contribution in [2.45, 2.75) is 55.0 Å². The van der Waals surface area contributed by atoms with Crippen LogP contribution in [0.5, 0.6) is 0 Å². The van der Waals surface area contributed by atoms with Crippen LogP contribution in [0.3, 0.4) is 0 Å². The third-order valence-electron chi connectivity index (χ3n) is 7.95. The minimum atomic E-state index is -4.91. The van der Waals surface area contributed by atoms with Crippen molar-refractivity contribution in [2.75, 3.05) is 59.0 Å². The molecule has 0 radical (unpaired) electrons. The highest BCUT2D eigenvalue weighted by atomic mass is 32.2. The first-order chi connectivity index (χ1) is 28.4. The molecule has 1 aliphatic heterocycles. The number of rotatable bonds is 20. The number of nitrogens with two attached hydrogens (primary N) is 6. The Hall–Kier alpha value is -5.72. The molecule has 1 aliphatic rings. The lowest BCUT2D eigenvalue weighted by Gasteiger charge is -2.20. The van der Waals surface area contributed by atoms with Gasteiger partial charge in [-0.1, -0.05) is 12.5 Å². The summed E-state index contributed by atoms with van der Waals surface area (Å²) in [5, 5.41) is 10.1. The standard InChI is InChI=1S/C36H46F5N13O4S2/c1-2-18-3-8-48-26(33(58)54-23-14-19(31(37)38)13-22(29(23)59-11-6-42)51-27(55)4-9-49-34(44)45)17-21(18)32(57)53-25-16-20(36(39,40)41)15-24(30(25)60-12-7-43)52-28(56)5-10-50-35(46)47/h8,13-17,31H,2-7,9-12,42-43H2,1H3,(H,51,55)(H,52,56)(H,53,57)(H,54,58)(H4,44,45,49)(H4,46,47,50). The molecule has 17 nitrogen and oxygen atoms in total. The molecule has 326 valence electrons. The number of thioether (sulfide) groups is 2. The molecule has 0 atom stereocenters. The van der Waals surface area contributed by atoms with Gasteiger partial charge in [0.25, 0.3) is 18.2 Å². The maximum atomic E-state index is 14.2. The van der Waals surface area contributed by atoms with E-state index in [2.05, 4.69) is 36.2 Å². The second-order valence-electron chi connectivity index (χ2n) is 12.5. The molecule has 2 aromatic carbocycles. The topological polar surface area (TPSA) is 310 Å². The van der Waals surface area contributed by atoms with Gasteiger partial charge in [-0.2, -0.15) is 13.2 Å². The largest absolute Gasteiger partial charge is 0.416 e. The Morgan fingerprint density at radius 2 is 1.23 bits per heavy atom. The van der Waals surface area contributed by atoms with Crippen molar-refractivity contribution < 1.29 is 41.1 Å². The van der Waals surface area contributed by atoms with Crippen LogP contribution in [-0.4, -0.2) is 79.4 Å². The quantitative estimate of drug-likeness (QED) is 0.0395. The number of hydrogen-bond donors (Lipinski definition) is 10. The van der Waals surface area contributed by atoms with Gasteiger partial charge >= 0.3 is 6.18 Å². The molecule has 4 amide bonds. The molecule has 0 saturated carbocycles. The molecule has 16 N–H and O–H groups in total. The minimum absolute atomic E-state index is 0.0511. The van der Waals surface area contributed by atoms with Crippen LogP contribution < -0.4 is 55.7 Å². The second kappa shape index (κ2) is 23.2. The predicted octanol–water partition coefficient (Wildman–Crippen LogP) is 3.59. The number of nitrogens with zero attached hydrogens (tertiary/aromatic N) is 3. The van der Waals surface area contributed by atoms with Crippen molar-refractivity contribution in [2.24, 2.45) is 49.4 Å². The molecule has 24 heteroatoms. The molecule has 0 spiro atoms. The van der Waals surface area contributed by atoms with Crippen LogP contribution in [0.25, 0.3) is 0 Å². The number of aliphatic imine (C=N–C) groups is 3. The molecule has 60 heavy (non-hydrogen) atoms. The molecular weight excluding hydrogens is 838 g/mol. The summed E-state index contributed by atoms with van der Waals surface area (Å²) < 4.78 is 70.9. The Morgan fingerprint density at radius 1 is 0.767 bits per heavy atom. The van der Waals surface area contributed by atoms with E-state index in [1.807, 2.05) is 0 Å². The Labute approximate surface area is 350 Å². The number of amides is 4. The average Bonchev–Trinajstić information content (AvgIpc) is 3.39. The number of carbonyl (C=O) groups excluding carboxylic acids is 4. The molecule has 1 heterocycles. The van der Waals surface area contributed by atoms with Crippen LogP contribution in [0.1, 0.15) is 50.2 Å². The first-order valence-electron chi connectivity index (χ1n) is 18.0. The Morgan fingerprint density at radius 3 is 1.68 bits per heavy atom. The molecular formula is C36H46F5N13O4S2. The monoisotopic (exact) mass is 883 g/mol. The molecule has 0 bridgehead atoms. The summed E-state index contributed by atoms with van der Waals surface area (Å²) in [6.45, 7) is 1.69.